The van der Waals surface area contributed by atoms with Gasteiger partial charge >= 0.3 is 0 Å². The number of carbonyl (C=O) groups is 1. The Bertz CT molecular complexity index is 833. The predicted molar refractivity (Wildman–Crippen MR) is 96.9 cm³/mol. The molecule has 1 aromatic carbocycles. The van der Waals surface area contributed by atoms with Gasteiger partial charge in [-0.2, -0.15) is 0 Å². The molecule has 0 saturated carbocycles. The van der Waals surface area contributed by atoms with Crippen molar-refractivity contribution in [3.05, 3.63) is 29.1 Å². The third-order valence-electron chi connectivity index (χ3n) is 3.36. The van der Waals surface area contributed by atoms with Gasteiger partial charge in [-0.3, -0.25) is 9.10 Å². The fourth-order valence-corrected chi connectivity index (χ4v) is 3.42. The van der Waals surface area contributed by atoms with E-state index in [9.17, 15) is 13.2 Å². The van der Waals surface area contributed by atoms with Crippen LogP contribution in [0.15, 0.2) is 24.3 Å². The molecule has 0 radical (unpaired) electrons. The first kappa shape index (κ1) is 17.7. The molecule has 0 aliphatic heterocycles. The van der Waals surface area contributed by atoms with E-state index in [1.165, 1.54) is 22.7 Å². The zero-order valence-corrected chi connectivity index (χ0v) is 15.6. The molecule has 0 unspecified atom stereocenters. The number of hydrogen-bond acceptors (Lipinski definition) is 4. The van der Waals surface area contributed by atoms with Gasteiger partial charge < -0.3 is 5.32 Å². The van der Waals surface area contributed by atoms with Crippen LogP contribution >= 0.6 is 11.3 Å². The van der Waals surface area contributed by atoms with Crippen LogP contribution in [0.2, 0.25) is 0 Å². The molecule has 1 amide bonds. The number of benzene rings is 1. The summed E-state index contributed by atoms with van der Waals surface area (Å²) in [6, 6.07) is 7.18. The third-order valence-corrected chi connectivity index (χ3v) is 5.68. The summed E-state index contributed by atoms with van der Waals surface area (Å²) in [5, 5.41) is 3.79. The summed E-state index contributed by atoms with van der Waals surface area (Å²) in [6.45, 7) is 6.78. The highest BCUT2D eigenvalue weighted by molar-refractivity contribution is 7.92. The van der Waals surface area contributed by atoms with Crippen molar-refractivity contribution in [3.63, 3.8) is 0 Å². The first-order valence-electron chi connectivity index (χ1n) is 7.23. The van der Waals surface area contributed by atoms with E-state index < -0.39 is 10.0 Å². The number of nitrogens with zero attached hydrogens (tertiary/aromatic N) is 1. The van der Waals surface area contributed by atoms with Crippen LogP contribution in [0.25, 0.3) is 10.1 Å². The Morgan fingerprint density at radius 1 is 1.26 bits per heavy atom. The molecule has 0 aliphatic rings. The topological polar surface area (TPSA) is 66.5 Å². The Balaban J connectivity index is 2.27. The second kappa shape index (κ2) is 6.13. The van der Waals surface area contributed by atoms with E-state index in [0.29, 0.717) is 17.1 Å². The number of thiophene rings is 1. The molecule has 0 saturated heterocycles. The Hall–Kier alpha value is -1.60. The predicted octanol–water partition coefficient (Wildman–Crippen LogP) is 3.07. The van der Waals surface area contributed by atoms with Crippen molar-refractivity contribution >= 4 is 43.0 Å². The van der Waals surface area contributed by atoms with Gasteiger partial charge in [-0.25, -0.2) is 8.42 Å². The van der Waals surface area contributed by atoms with E-state index >= 15 is 0 Å². The van der Waals surface area contributed by atoms with Crippen molar-refractivity contribution in [3.8, 4) is 0 Å². The SMILES string of the molecule is CN(c1ccc2sc(C(=O)NCC(C)(C)C)cc2c1)S(C)(=O)=O. The number of amides is 1. The van der Waals surface area contributed by atoms with Crippen molar-refractivity contribution in [2.24, 2.45) is 5.41 Å². The van der Waals surface area contributed by atoms with Gasteiger partial charge in [-0.1, -0.05) is 20.8 Å². The van der Waals surface area contributed by atoms with E-state index in [1.54, 1.807) is 18.2 Å². The minimum Gasteiger partial charge on any atom is -0.351 e. The summed E-state index contributed by atoms with van der Waals surface area (Å²) in [4.78, 5) is 12.9. The molecule has 1 N–H and O–H groups in total. The van der Waals surface area contributed by atoms with Gasteiger partial charge in [0.15, 0.2) is 0 Å². The lowest BCUT2D eigenvalue weighted by Gasteiger charge is -2.18. The molecule has 2 aromatic rings. The summed E-state index contributed by atoms with van der Waals surface area (Å²) in [7, 11) is -1.79. The van der Waals surface area contributed by atoms with Crippen LogP contribution in [0.1, 0.15) is 30.4 Å². The van der Waals surface area contributed by atoms with Crippen LogP contribution in [0.3, 0.4) is 0 Å². The molecule has 0 spiro atoms. The smallest absolute Gasteiger partial charge is 0.261 e. The molecule has 23 heavy (non-hydrogen) atoms. The lowest BCUT2D eigenvalue weighted by atomic mass is 9.97. The van der Waals surface area contributed by atoms with Crippen LogP contribution in [0, 0.1) is 5.41 Å². The lowest BCUT2D eigenvalue weighted by molar-refractivity contribution is 0.0943. The molecule has 0 bridgehead atoms. The molecule has 2 rings (SSSR count). The standard InChI is InChI=1S/C16H22N2O3S2/c1-16(2,3)10-17-15(19)14-9-11-8-12(6-7-13(11)22-14)18(4)23(5,20)21/h6-9H,10H2,1-5H3,(H,17,19). The first-order chi connectivity index (χ1) is 10.5. The molecule has 0 fully saturated rings. The van der Waals surface area contributed by atoms with Gasteiger partial charge in [0.25, 0.3) is 5.91 Å². The minimum absolute atomic E-state index is 0.0255. The normalized spacial score (nSPS) is 12.4. The number of hydrogen-bond donors (Lipinski definition) is 1. The van der Waals surface area contributed by atoms with Crippen molar-refractivity contribution in [2.45, 2.75) is 20.8 Å². The largest absolute Gasteiger partial charge is 0.351 e. The fraction of sp³-hybridized carbons (Fsp3) is 0.438. The molecule has 0 atom stereocenters. The Labute approximate surface area is 141 Å². The maximum Gasteiger partial charge on any atom is 0.261 e. The maximum absolute atomic E-state index is 12.2. The first-order valence-corrected chi connectivity index (χ1v) is 9.89. The monoisotopic (exact) mass is 354 g/mol. The summed E-state index contributed by atoms with van der Waals surface area (Å²) < 4.78 is 25.4. The average Bonchev–Trinajstić information content (AvgIpc) is 2.84. The molecular weight excluding hydrogens is 332 g/mol. The summed E-state index contributed by atoms with van der Waals surface area (Å²) in [6.07, 6.45) is 1.16. The Morgan fingerprint density at radius 2 is 1.91 bits per heavy atom. The number of fused-ring (bicyclic) bond motifs is 1. The highest BCUT2D eigenvalue weighted by Crippen LogP contribution is 2.30. The molecule has 7 heteroatoms. The number of nitrogens with one attached hydrogen (secondary N) is 1. The number of rotatable bonds is 4. The zero-order chi connectivity index (χ0) is 17.4. The number of carbonyl (C=O) groups excluding carboxylic acids is 1. The van der Waals surface area contributed by atoms with E-state index in [0.717, 1.165) is 16.3 Å². The summed E-state index contributed by atoms with van der Waals surface area (Å²) >= 11 is 1.40. The number of sulfonamides is 1. The van der Waals surface area contributed by atoms with Crippen LogP contribution < -0.4 is 9.62 Å². The summed E-state index contributed by atoms with van der Waals surface area (Å²) in [5.41, 5.74) is 0.608. The molecule has 126 valence electrons. The number of anilines is 1. The van der Waals surface area contributed by atoms with Gasteiger partial charge in [0, 0.05) is 18.3 Å². The van der Waals surface area contributed by atoms with Gasteiger partial charge in [0.1, 0.15) is 0 Å². The fourth-order valence-electron chi connectivity index (χ4n) is 1.96. The second-order valence-electron chi connectivity index (χ2n) is 6.81. The van der Waals surface area contributed by atoms with Gasteiger partial charge in [-0.05, 0) is 35.1 Å². The summed E-state index contributed by atoms with van der Waals surface area (Å²) in [5.74, 6) is -0.0980. The van der Waals surface area contributed by atoms with Crippen molar-refractivity contribution in [2.75, 3.05) is 24.2 Å². The van der Waals surface area contributed by atoms with Crippen molar-refractivity contribution < 1.29 is 13.2 Å². The van der Waals surface area contributed by atoms with Crippen LogP contribution in [-0.4, -0.2) is 34.2 Å². The zero-order valence-electron chi connectivity index (χ0n) is 14.0. The molecule has 1 aromatic heterocycles. The second-order valence-corrected chi connectivity index (χ2v) is 9.90. The van der Waals surface area contributed by atoms with Gasteiger partial charge in [0.2, 0.25) is 10.0 Å². The molecule has 0 aliphatic carbocycles. The van der Waals surface area contributed by atoms with E-state index in [2.05, 4.69) is 26.1 Å². The van der Waals surface area contributed by atoms with E-state index in [1.807, 2.05) is 6.07 Å². The van der Waals surface area contributed by atoms with Gasteiger partial charge in [-0.15, -0.1) is 11.3 Å². The van der Waals surface area contributed by atoms with Gasteiger partial charge in [0.05, 0.1) is 16.8 Å². The molecule has 1 heterocycles. The van der Waals surface area contributed by atoms with E-state index in [4.69, 9.17) is 0 Å². The van der Waals surface area contributed by atoms with E-state index in [-0.39, 0.29) is 11.3 Å². The minimum atomic E-state index is -3.30. The van der Waals surface area contributed by atoms with Crippen LogP contribution in [0.5, 0.6) is 0 Å². The average molecular weight is 354 g/mol. The maximum atomic E-state index is 12.2. The highest BCUT2D eigenvalue weighted by Gasteiger charge is 2.16. The van der Waals surface area contributed by atoms with Crippen molar-refractivity contribution in [1.82, 2.24) is 5.32 Å². The Kier molecular flexibility index (Phi) is 4.73. The third kappa shape index (κ3) is 4.45. The van der Waals surface area contributed by atoms with Crippen LogP contribution in [-0.2, 0) is 10.0 Å². The Morgan fingerprint density at radius 3 is 2.48 bits per heavy atom. The van der Waals surface area contributed by atoms with Crippen LogP contribution in [0.4, 0.5) is 5.69 Å². The quantitative estimate of drug-likeness (QED) is 0.917. The van der Waals surface area contributed by atoms with Crippen molar-refractivity contribution in [1.29, 1.82) is 0 Å². The molecular formula is C16H22N2O3S2. The lowest BCUT2D eigenvalue weighted by Crippen LogP contribution is -2.31. The highest BCUT2D eigenvalue weighted by atomic mass is 32.2. The molecule has 5 nitrogen and oxygen atoms in total.